The summed E-state index contributed by atoms with van der Waals surface area (Å²) >= 11 is 0. The number of aliphatic imine (C=N–C) groups is 1. The van der Waals surface area contributed by atoms with Crippen LogP contribution in [0.1, 0.15) is 13.8 Å². The van der Waals surface area contributed by atoms with Gasteiger partial charge in [-0.2, -0.15) is 0 Å². The molecule has 0 radical (unpaired) electrons. The number of nitrogens with zero attached hydrogens (tertiary/aromatic N) is 1. The van der Waals surface area contributed by atoms with E-state index in [4.69, 9.17) is 5.41 Å². The van der Waals surface area contributed by atoms with E-state index in [0.717, 1.165) is 6.21 Å². The predicted molar refractivity (Wildman–Crippen MR) is 38.8 cm³/mol. The molecule has 0 saturated carbocycles. The summed E-state index contributed by atoms with van der Waals surface area (Å²) in [5.74, 6) is 0. The molecule has 0 aliphatic rings. The lowest BCUT2D eigenvalue weighted by Gasteiger charge is -1.61. The van der Waals surface area contributed by atoms with Gasteiger partial charge in [-0.15, -0.1) is 0 Å². The van der Waals surface area contributed by atoms with Crippen molar-refractivity contribution < 1.29 is 0 Å². The van der Waals surface area contributed by atoms with Gasteiger partial charge in [0.1, 0.15) is 0 Å². The van der Waals surface area contributed by atoms with Crippen LogP contribution in [-0.4, -0.2) is 12.4 Å². The zero-order valence-electron chi connectivity index (χ0n) is 5.39. The average Bonchev–Trinajstić information content (AvgIpc) is 1.88. The quantitative estimate of drug-likeness (QED) is 0.529. The fraction of sp³-hybridized carbons (Fsp3) is 0.333. The SMILES string of the molecule is C=CN=CC=N.CC. The zero-order valence-corrected chi connectivity index (χ0v) is 5.39. The Balaban J connectivity index is 0. The van der Waals surface area contributed by atoms with Gasteiger partial charge in [-0.1, -0.05) is 20.4 Å². The fourth-order valence-electron chi connectivity index (χ4n) is 0.104. The average molecular weight is 112 g/mol. The fourth-order valence-corrected chi connectivity index (χ4v) is 0.104. The summed E-state index contributed by atoms with van der Waals surface area (Å²) in [6.07, 6.45) is 3.83. The van der Waals surface area contributed by atoms with Gasteiger partial charge in [0.25, 0.3) is 0 Å². The maximum Gasteiger partial charge on any atom is 0.0443 e. The smallest absolute Gasteiger partial charge is 0.0443 e. The van der Waals surface area contributed by atoms with Crippen LogP contribution in [0.2, 0.25) is 0 Å². The van der Waals surface area contributed by atoms with Crippen LogP contribution >= 0.6 is 0 Å². The minimum Gasteiger partial charge on any atom is -0.307 e. The molecule has 0 aliphatic carbocycles. The lowest BCUT2D eigenvalue weighted by molar-refractivity contribution is 1.50. The van der Waals surface area contributed by atoms with Crippen molar-refractivity contribution >= 4 is 12.4 Å². The van der Waals surface area contributed by atoms with E-state index in [0.29, 0.717) is 0 Å². The third kappa shape index (κ3) is 19.5. The van der Waals surface area contributed by atoms with E-state index < -0.39 is 0 Å². The summed E-state index contributed by atoms with van der Waals surface area (Å²) in [6.45, 7) is 7.30. The van der Waals surface area contributed by atoms with Crippen molar-refractivity contribution in [2.45, 2.75) is 13.8 Å². The third-order valence-electron chi connectivity index (χ3n) is 0.266. The second kappa shape index (κ2) is 16.5. The van der Waals surface area contributed by atoms with Crippen LogP contribution in [0, 0.1) is 5.41 Å². The molecule has 46 valence electrons. The van der Waals surface area contributed by atoms with Gasteiger partial charge in [0.2, 0.25) is 0 Å². The van der Waals surface area contributed by atoms with Crippen LogP contribution in [0.25, 0.3) is 0 Å². The van der Waals surface area contributed by atoms with Gasteiger partial charge in [-0.05, 0) is 0 Å². The molecular weight excluding hydrogens is 100 g/mol. The van der Waals surface area contributed by atoms with Gasteiger partial charge in [-0.3, -0.25) is 4.99 Å². The van der Waals surface area contributed by atoms with Crippen LogP contribution in [0.3, 0.4) is 0 Å². The standard InChI is InChI=1S/C4H6N2.C2H6/c1-2-6-4-3-5;1-2/h2-5H,1H2;1-2H3. The highest BCUT2D eigenvalue weighted by Gasteiger charge is 1.48. The Labute approximate surface area is 50.5 Å². The van der Waals surface area contributed by atoms with Crippen molar-refractivity contribution in [2.75, 3.05) is 0 Å². The number of nitrogens with one attached hydrogen (secondary N) is 1. The molecular formula is C6H12N2. The van der Waals surface area contributed by atoms with E-state index >= 15 is 0 Å². The Hall–Kier alpha value is -0.920. The second-order valence-corrected chi connectivity index (χ2v) is 0.647. The van der Waals surface area contributed by atoms with Crippen molar-refractivity contribution in [1.29, 1.82) is 5.41 Å². The van der Waals surface area contributed by atoms with E-state index in [9.17, 15) is 0 Å². The van der Waals surface area contributed by atoms with Crippen molar-refractivity contribution in [3.63, 3.8) is 0 Å². The molecule has 1 N–H and O–H groups in total. The molecule has 0 amide bonds. The molecule has 0 atom stereocenters. The molecule has 8 heavy (non-hydrogen) atoms. The van der Waals surface area contributed by atoms with Gasteiger partial charge in [-0.25, -0.2) is 0 Å². The van der Waals surface area contributed by atoms with E-state index in [1.165, 1.54) is 12.4 Å². The monoisotopic (exact) mass is 112 g/mol. The molecule has 0 bridgehead atoms. The van der Waals surface area contributed by atoms with Crippen molar-refractivity contribution in [3.8, 4) is 0 Å². The molecule has 0 fully saturated rings. The van der Waals surface area contributed by atoms with Crippen LogP contribution in [0.5, 0.6) is 0 Å². The summed E-state index contributed by atoms with van der Waals surface area (Å²) in [5, 5.41) is 6.38. The Morgan fingerprint density at radius 3 is 2.12 bits per heavy atom. The molecule has 0 saturated heterocycles. The highest BCUT2D eigenvalue weighted by atomic mass is 14.7. The number of rotatable bonds is 2. The van der Waals surface area contributed by atoms with Crippen LogP contribution in [0.15, 0.2) is 17.8 Å². The number of hydrogen-bond acceptors (Lipinski definition) is 2. The minimum absolute atomic E-state index is 1.10. The maximum atomic E-state index is 6.38. The molecule has 0 aromatic carbocycles. The molecule has 0 unspecified atom stereocenters. The van der Waals surface area contributed by atoms with Crippen LogP contribution in [0.4, 0.5) is 0 Å². The highest BCUT2D eigenvalue weighted by molar-refractivity contribution is 6.14. The van der Waals surface area contributed by atoms with Crippen molar-refractivity contribution in [3.05, 3.63) is 12.8 Å². The van der Waals surface area contributed by atoms with Crippen LogP contribution < -0.4 is 0 Å². The van der Waals surface area contributed by atoms with E-state index in [2.05, 4.69) is 11.6 Å². The largest absolute Gasteiger partial charge is 0.307 e. The Kier molecular flexibility index (Phi) is 21.0. The Bertz CT molecular complexity index is 64.6. The van der Waals surface area contributed by atoms with Gasteiger partial charge in [0, 0.05) is 18.6 Å². The summed E-state index contributed by atoms with van der Waals surface area (Å²) < 4.78 is 0. The van der Waals surface area contributed by atoms with E-state index in [-0.39, 0.29) is 0 Å². The number of hydrogen-bond donors (Lipinski definition) is 1. The predicted octanol–water partition coefficient (Wildman–Crippen LogP) is 1.88. The van der Waals surface area contributed by atoms with Gasteiger partial charge in [0.15, 0.2) is 0 Å². The zero-order chi connectivity index (χ0) is 6.83. The molecule has 2 heteroatoms. The Morgan fingerprint density at radius 2 is 2.00 bits per heavy atom. The van der Waals surface area contributed by atoms with Gasteiger partial charge in [0.05, 0.1) is 0 Å². The van der Waals surface area contributed by atoms with Gasteiger partial charge < -0.3 is 5.41 Å². The van der Waals surface area contributed by atoms with Crippen molar-refractivity contribution in [1.82, 2.24) is 0 Å². The normalized spacial score (nSPS) is 7.25. The first-order valence-electron chi connectivity index (χ1n) is 2.55. The summed E-state index contributed by atoms with van der Waals surface area (Å²) in [4.78, 5) is 3.49. The first kappa shape index (κ1) is 10.1. The van der Waals surface area contributed by atoms with Gasteiger partial charge >= 0.3 is 0 Å². The summed E-state index contributed by atoms with van der Waals surface area (Å²) in [6, 6.07) is 0. The molecule has 2 nitrogen and oxygen atoms in total. The Morgan fingerprint density at radius 1 is 1.50 bits per heavy atom. The summed E-state index contributed by atoms with van der Waals surface area (Å²) in [5.41, 5.74) is 0. The highest BCUT2D eigenvalue weighted by Crippen LogP contribution is 1.56. The van der Waals surface area contributed by atoms with E-state index in [1.807, 2.05) is 13.8 Å². The summed E-state index contributed by atoms with van der Waals surface area (Å²) in [7, 11) is 0. The molecule has 0 spiro atoms. The second-order valence-electron chi connectivity index (χ2n) is 0.647. The molecule has 0 heterocycles. The van der Waals surface area contributed by atoms with E-state index in [1.54, 1.807) is 0 Å². The first-order chi connectivity index (χ1) is 3.91. The topological polar surface area (TPSA) is 36.2 Å². The lowest BCUT2D eigenvalue weighted by Crippen LogP contribution is -1.64. The maximum absolute atomic E-state index is 6.38. The van der Waals surface area contributed by atoms with Crippen molar-refractivity contribution in [2.24, 2.45) is 4.99 Å². The lowest BCUT2D eigenvalue weighted by atomic mass is 10.8. The molecule has 0 rings (SSSR count). The third-order valence-corrected chi connectivity index (χ3v) is 0.266. The minimum atomic E-state index is 1.10. The molecule has 0 aromatic rings. The molecule has 0 aliphatic heterocycles. The molecule has 0 aromatic heterocycles. The van der Waals surface area contributed by atoms with Crippen LogP contribution in [-0.2, 0) is 0 Å². The first-order valence-corrected chi connectivity index (χ1v) is 2.55.